The summed E-state index contributed by atoms with van der Waals surface area (Å²) < 4.78 is 0.218. The highest BCUT2D eigenvalue weighted by molar-refractivity contribution is 9.10. The summed E-state index contributed by atoms with van der Waals surface area (Å²) in [5.74, 6) is 0. The molecule has 0 saturated heterocycles. The van der Waals surface area contributed by atoms with Crippen molar-refractivity contribution in [2.75, 3.05) is 0 Å². The molecule has 0 heterocycles. The van der Waals surface area contributed by atoms with Crippen molar-refractivity contribution in [3.8, 4) is 0 Å². The van der Waals surface area contributed by atoms with E-state index < -0.39 is 0 Å². The fourth-order valence-electron chi connectivity index (χ4n) is 2.38. The fourth-order valence-corrected chi connectivity index (χ4v) is 2.71. The van der Waals surface area contributed by atoms with E-state index in [1.165, 1.54) is 31.2 Å². The van der Waals surface area contributed by atoms with Crippen molar-refractivity contribution in [3.05, 3.63) is 34.9 Å². The van der Waals surface area contributed by atoms with Gasteiger partial charge in [0.05, 0.1) is 0 Å². The molecule has 0 N–H and O–H groups in total. The lowest BCUT2D eigenvalue weighted by Crippen LogP contribution is -2.14. The largest absolute Gasteiger partial charge is 0.0856 e. The molecule has 1 aromatic rings. The van der Waals surface area contributed by atoms with Crippen molar-refractivity contribution < 1.29 is 0 Å². The minimum absolute atomic E-state index is 0.218. The van der Waals surface area contributed by atoms with Crippen LogP contribution in [0.5, 0.6) is 0 Å². The van der Waals surface area contributed by atoms with E-state index in [2.05, 4.69) is 48.0 Å². The number of hydrogen-bond donors (Lipinski definition) is 0. The molecule has 2 rings (SSSR count). The topological polar surface area (TPSA) is 0 Å². The molecule has 0 aliphatic heterocycles. The Hall–Kier alpha value is -0.300. The first kappa shape index (κ1) is 11.2. The summed E-state index contributed by atoms with van der Waals surface area (Å²) in [5, 5.41) is 0. The van der Waals surface area contributed by atoms with Gasteiger partial charge in [0, 0.05) is 4.32 Å². The monoisotopic (exact) mass is 266 g/mol. The van der Waals surface area contributed by atoms with Gasteiger partial charge in [0.15, 0.2) is 0 Å². The number of alkyl halides is 1. The van der Waals surface area contributed by atoms with Gasteiger partial charge in [-0.15, -0.1) is 0 Å². The smallest absolute Gasteiger partial charge is 0.0242 e. The van der Waals surface area contributed by atoms with Crippen molar-refractivity contribution >= 4 is 15.9 Å². The first-order chi connectivity index (χ1) is 7.04. The van der Waals surface area contributed by atoms with Crippen molar-refractivity contribution in [1.82, 2.24) is 0 Å². The second-order valence-corrected chi connectivity index (χ2v) is 7.35. The van der Waals surface area contributed by atoms with Crippen LogP contribution in [0, 0.1) is 0 Å². The zero-order chi connectivity index (χ0) is 10.9. The van der Waals surface area contributed by atoms with E-state index in [0.717, 1.165) is 6.42 Å². The molecule has 15 heavy (non-hydrogen) atoms. The second kappa shape index (κ2) is 4.29. The van der Waals surface area contributed by atoms with Crippen LogP contribution in [0.4, 0.5) is 0 Å². The van der Waals surface area contributed by atoms with Gasteiger partial charge in [-0.2, -0.15) is 0 Å². The first-order valence-corrected chi connectivity index (χ1v) is 6.63. The van der Waals surface area contributed by atoms with Gasteiger partial charge in [0.2, 0.25) is 0 Å². The molecule has 1 aromatic carbocycles. The Morgan fingerprint density at radius 1 is 1.13 bits per heavy atom. The highest BCUT2D eigenvalue weighted by atomic mass is 79.9. The Labute approximate surface area is 101 Å². The predicted molar refractivity (Wildman–Crippen MR) is 69.8 cm³/mol. The number of aryl methyl sites for hydroxylation is 2. The minimum atomic E-state index is 0.218. The van der Waals surface area contributed by atoms with E-state index in [1.54, 1.807) is 11.1 Å². The Bertz CT molecular complexity index is 347. The van der Waals surface area contributed by atoms with E-state index in [4.69, 9.17) is 0 Å². The molecule has 0 unspecified atom stereocenters. The number of hydrogen-bond acceptors (Lipinski definition) is 0. The van der Waals surface area contributed by atoms with E-state index >= 15 is 0 Å². The van der Waals surface area contributed by atoms with Crippen molar-refractivity contribution in [2.45, 2.75) is 50.3 Å². The van der Waals surface area contributed by atoms with Crippen LogP contribution in [-0.4, -0.2) is 4.32 Å². The molecule has 1 aliphatic carbocycles. The Balaban J connectivity index is 2.21. The van der Waals surface area contributed by atoms with Gasteiger partial charge in [-0.1, -0.05) is 34.1 Å². The van der Waals surface area contributed by atoms with Gasteiger partial charge in [-0.05, 0) is 62.6 Å². The maximum atomic E-state index is 3.71. The molecule has 0 fully saturated rings. The Morgan fingerprint density at radius 2 is 1.80 bits per heavy atom. The molecule has 0 bridgehead atoms. The Kier molecular flexibility index (Phi) is 3.20. The van der Waals surface area contributed by atoms with Crippen LogP contribution < -0.4 is 0 Å². The molecule has 0 saturated carbocycles. The molecule has 0 aromatic heterocycles. The lowest BCUT2D eigenvalue weighted by atomic mass is 9.89. The fraction of sp³-hybridized carbons (Fsp3) is 0.571. The summed E-state index contributed by atoms with van der Waals surface area (Å²) in [6, 6.07) is 7.05. The van der Waals surface area contributed by atoms with E-state index in [1.807, 2.05) is 0 Å². The van der Waals surface area contributed by atoms with Crippen molar-refractivity contribution in [1.29, 1.82) is 0 Å². The van der Waals surface area contributed by atoms with Crippen LogP contribution in [0.2, 0.25) is 0 Å². The third-order valence-electron chi connectivity index (χ3n) is 3.04. The molecule has 0 nitrogen and oxygen atoms in total. The van der Waals surface area contributed by atoms with Crippen LogP contribution in [0.15, 0.2) is 18.2 Å². The second-order valence-electron chi connectivity index (χ2n) is 5.21. The number of fused-ring (bicyclic) bond motifs is 1. The summed E-state index contributed by atoms with van der Waals surface area (Å²) in [6.45, 7) is 4.46. The molecule has 0 amide bonds. The maximum absolute atomic E-state index is 3.71. The van der Waals surface area contributed by atoms with E-state index in [-0.39, 0.29) is 4.32 Å². The lowest BCUT2D eigenvalue weighted by Gasteiger charge is -2.20. The molecule has 1 aliphatic rings. The van der Waals surface area contributed by atoms with E-state index in [0.29, 0.717) is 0 Å². The molecule has 0 radical (unpaired) electrons. The number of rotatable bonds is 2. The van der Waals surface area contributed by atoms with Crippen molar-refractivity contribution in [3.63, 3.8) is 0 Å². The molecule has 1 heteroatoms. The van der Waals surface area contributed by atoms with Gasteiger partial charge in [-0.25, -0.2) is 0 Å². The SMILES string of the molecule is CC(C)(Br)Cc1ccc2c(c1)CCCC2. The highest BCUT2D eigenvalue weighted by Gasteiger charge is 2.15. The highest BCUT2D eigenvalue weighted by Crippen LogP contribution is 2.26. The standard InChI is InChI=1S/C14H19Br/c1-14(2,15)10-11-7-8-12-5-3-4-6-13(12)9-11/h7-9H,3-6,10H2,1-2H3. The minimum Gasteiger partial charge on any atom is -0.0856 e. The predicted octanol–water partition coefficient (Wildman–Crippen LogP) is 4.28. The van der Waals surface area contributed by atoms with Crippen LogP contribution in [0.1, 0.15) is 43.4 Å². The molecule has 0 spiro atoms. The van der Waals surface area contributed by atoms with Gasteiger partial charge < -0.3 is 0 Å². The summed E-state index contributed by atoms with van der Waals surface area (Å²) in [5.41, 5.74) is 4.64. The first-order valence-electron chi connectivity index (χ1n) is 5.84. The normalized spacial score (nSPS) is 16.2. The van der Waals surface area contributed by atoms with Gasteiger partial charge in [-0.3, -0.25) is 0 Å². The lowest BCUT2D eigenvalue weighted by molar-refractivity contribution is 0.679. The van der Waals surface area contributed by atoms with Crippen LogP contribution in [0.3, 0.4) is 0 Å². The molecular weight excluding hydrogens is 248 g/mol. The third kappa shape index (κ3) is 3.07. The van der Waals surface area contributed by atoms with Crippen LogP contribution >= 0.6 is 15.9 Å². The summed E-state index contributed by atoms with van der Waals surface area (Å²) in [4.78, 5) is 0. The maximum Gasteiger partial charge on any atom is 0.0242 e. The van der Waals surface area contributed by atoms with E-state index in [9.17, 15) is 0 Å². The van der Waals surface area contributed by atoms with Gasteiger partial charge >= 0.3 is 0 Å². The molecule has 82 valence electrons. The summed E-state index contributed by atoms with van der Waals surface area (Å²) >= 11 is 3.71. The third-order valence-corrected chi connectivity index (χ3v) is 3.32. The quantitative estimate of drug-likeness (QED) is 0.701. The van der Waals surface area contributed by atoms with Gasteiger partial charge in [0.1, 0.15) is 0 Å². The van der Waals surface area contributed by atoms with Crippen LogP contribution in [0.25, 0.3) is 0 Å². The summed E-state index contributed by atoms with van der Waals surface area (Å²) in [7, 11) is 0. The van der Waals surface area contributed by atoms with Crippen molar-refractivity contribution in [2.24, 2.45) is 0 Å². The number of halogens is 1. The Morgan fingerprint density at radius 3 is 2.47 bits per heavy atom. The van der Waals surface area contributed by atoms with Gasteiger partial charge in [0.25, 0.3) is 0 Å². The average Bonchev–Trinajstić information content (AvgIpc) is 2.15. The zero-order valence-corrected chi connectivity index (χ0v) is 11.2. The van der Waals surface area contributed by atoms with Crippen LogP contribution in [-0.2, 0) is 19.3 Å². The summed E-state index contributed by atoms with van der Waals surface area (Å²) in [6.07, 6.45) is 6.42. The average molecular weight is 267 g/mol. The zero-order valence-electron chi connectivity index (χ0n) is 9.65. The molecule has 0 atom stereocenters. The molecular formula is C14H19Br. The number of benzene rings is 1.